The van der Waals surface area contributed by atoms with Crippen LogP contribution >= 0.6 is 11.6 Å². The molecule has 1 saturated heterocycles. The van der Waals surface area contributed by atoms with Crippen LogP contribution in [0, 0.1) is 12.8 Å². The van der Waals surface area contributed by atoms with Gasteiger partial charge in [-0.3, -0.25) is 4.79 Å². The molecule has 1 N–H and O–H groups in total. The molecule has 122 valence electrons. The molecule has 1 aliphatic heterocycles. The predicted octanol–water partition coefficient (Wildman–Crippen LogP) is 2.88. The van der Waals surface area contributed by atoms with E-state index in [1.165, 1.54) is 6.42 Å². The number of piperidine rings is 1. The van der Waals surface area contributed by atoms with Crippen LogP contribution in [0.25, 0.3) is 0 Å². The average Bonchev–Trinajstić information content (AvgIpc) is 2.54. The van der Waals surface area contributed by atoms with Crippen molar-refractivity contribution >= 4 is 17.5 Å². The van der Waals surface area contributed by atoms with E-state index in [-0.39, 0.29) is 12.5 Å². The lowest BCUT2D eigenvalue weighted by molar-refractivity contribution is -0.134. The molecule has 0 saturated carbocycles. The molecule has 1 amide bonds. The van der Waals surface area contributed by atoms with Crippen molar-refractivity contribution in [3.63, 3.8) is 0 Å². The lowest BCUT2D eigenvalue weighted by atomic mass is 9.93. The maximum absolute atomic E-state index is 12.2. The van der Waals surface area contributed by atoms with Gasteiger partial charge in [0, 0.05) is 18.1 Å². The molecule has 2 rings (SSSR count). The quantitative estimate of drug-likeness (QED) is 0.875. The first-order valence-electron chi connectivity index (χ1n) is 7.91. The molecule has 5 heteroatoms. The number of benzene rings is 1. The fraction of sp³-hybridized carbons (Fsp3) is 0.588. The molecule has 1 aromatic rings. The standard InChI is InChI=1S/C17H25ClN2O2/c1-13-11-15(3-4-16(13)18)22-12-17(21)20-9-6-14(7-10-20)5-8-19-2/h3-4,11,14,19H,5-10,12H2,1-2H3. The Labute approximate surface area is 137 Å². The Hall–Kier alpha value is -1.26. The number of nitrogens with one attached hydrogen (secondary N) is 1. The van der Waals surface area contributed by atoms with Crippen molar-refractivity contribution in [3.8, 4) is 5.75 Å². The summed E-state index contributed by atoms with van der Waals surface area (Å²) in [6.45, 7) is 4.76. The van der Waals surface area contributed by atoms with Crippen molar-refractivity contribution in [2.75, 3.05) is 33.3 Å². The minimum atomic E-state index is 0.0691. The Kier molecular flexibility index (Phi) is 6.52. The van der Waals surface area contributed by atoms with Crippen LogP contribution in [0.3, 0.4) is 0 Å². The second-order valence-corrected chi connectivity index (χ2v) is 6.32. The summed E-state index contributed by atoms with van der Waals surface area (Å²) in [7, 11) is 1.98. The van der Waals surface area contributed by atoms with E-state index in [1.807, 2.05) is 24.9 Å². The van der Waals surface area contributed by atoms with Gasteiger partial charge in [0.15, 0.2) is 6.61 Å². The summed E-state index contributed by atoms with van der Waals surface area (Å²) in [6, 6.07) is 5.45. The van der Waals surface area contributed by atoms with Crippen molar-refractivity contribution in [1.29, 1.82) is 0 Å². The monoisotopic (exact) mass is 324 g/mol. The van der Waals surface area contributed by atoms with Crippen LogP contribution in [-0.4, -0.2) is 44.1 Å². The van der Waals surface area contributed by atoms with Gasteiger partial charge in [0.25, 0.3) is 5.91 Å². The molecule has 22 heavy (non-hydrogen) atoms. The summed E-state index contributed by atoms with van der Waals surface area (Å²) in [4.78, 5) is 14.1. The van der Waals surface area contributed by atoms with Crippen molar-refractivity contribution in [2.24, 2.45) is 5.92 Å². The van der Waals surface area contributed by atoms with E-state index in [0.717, 1.165) is 44.0 Å². The summed E-state index contributed by atoms with van der Waals surface area (Å²) >= 11 is 5.98. The minimum Gasteiger partial charge on any atom is -0.484 e. The van der Waals surface area contributed by atoms with E-state index in [0.29, 0.717) is 10.8 Å². The molecule has 4 nitrogen and oxygen atoms in total. The number of halogens is 1. The Bertz CT molecular complexity index is 499. The Balaban J connectivity index is 1.75. The number of hydrogen-bond acceptors (Lipinski definition) is 3. The van der Waals surface area contributed by atoms with E-state index in [1.54, 1.807) is 12.1 Å². The van der Waals surface area contributed by atoms with Crippen molar-refractivity contribution < 1.29 is 9.53 Å². The number of ether oxygens (including phenoxy) is 1. The maximum atomic E-state index is 12.2. The molecule has 1 aromatic carbocycles. The van der Waals surface area contributed by atoms with Crippen LogP contribution < -0.4 is 10.1 Å². The van der Waals surface area contributed by atoms with Crippen molar-refractivity contribution in [1.82, 2.24) is 10.2 Å². The highest BCUT2D eigenvalue weighted by molar-refractivity contribution is 6.31. The first-order chi connectivity index (χ1) is 10.6. The van der Waals surface area contributed by atoms with Crippen LogP contribution in [0.5, 0.6) is 5.75 Å². The SMILES string of the molecule is CNCCC1CCN(C(=O)COc2ccc(Cl)c(C)c2)CC1. The molecule has 0 atom stereocenters. The fourth-order valence-corrected chi connectivity index (χ4v) is 2.88. The summed E-state index contributed by atoms with van der Waals surface area (Å²) in [5.41, 5.74) is 0.956. The highest BCUT2D eigenvalue weighted by Gasteiger charge is 2.22. The first-order valence-corrected chi connectivity index (χ1v) is 8.29. The number of aryl methyl sites for hydroxylation is 1. The third-order valence-electron chi connectivity index (χ3n) is 4.26. The van der Waals surface area contributed by atoms with Gasteiger partial charge in [-0.1, -0.05) is 11.6 Å². The number of likely N-dealkylation sites (tertiary alicyclic amines) is 1. The maximum Gasteiger partial charge on any atom is 0.260 e. The van der Waals surface area contributed by atoms with Gasteiger partial charge < -0.3 is 15.0 Å². The van der Waals surface area contributed by atoms with Crippen molar-refractivity contribution in [3.05, 3.63) is 28.8 Å². The van der Waals surface area contributed by atoms with E-state index in [9.17, 15) is 4.79 Å². The third kappa shape index (κ3) is 4.89. The molecule has 0 aliphatic carbocycles. The van der Waals surface area contributed by atoms with Crippen LogP contribution in [0.2, 0.25) is 5.02 Å². The van der Waals surface area contributed by atoms with E-state index in [4.69, 9.17) is 16.3 Å². The van der Waals surface area contributed by atoms with Gasteiger partial charge in [-0.25, -0.2) is 0 Å². The molecule has 1 fully saturated rings. The minimum absolute atomic E-state index is 0.0691. The van der Waals surface area contributed by atoms with Crippen LogP contribution in [-0.2, 0) is 4.79 Å². The zero-order valence-corrected chi connectivity index (χ0v) is 14.2. The highest BCUT2D eigenvalue weighted by atomic mass is 35.5. The second-order valence-electron chi connectivity index (χ2n) is 5.92. The summed E-state index contributed by atoms with van der Waals surface area (Å²) in [6.07, 6.45) is 3.38. The van der Waals surface area contributed by atoms with Crippen molar-refractivity contribution in [2.45, 2.75) is 26.2 Å². The predicted molar refractivity (Wildman–Crippen MR) is 89.5 cm³/mol. The zero-order valence-electron chi connectivity index (χ0n) is 13.4. The van der Waals surface area contributed by atoms with E-state index < -0.39 is 0 Å². The second kappa shape index (κ2) is 8.39. The number of carbonyl (C=O) groups excluding carboxylic acids is 1. The van der Waals surface area contributed by atoms with Gasteiger partial charge in [0.05, 0.1) is 0 Å². The average molecular weight is 325 g/mol. The molecule has 1 heterocycles. The molecule has 0 aromatic heterocycles. The molecule has 0 unspecified atom stereocenters. The van der Waals surface area contributed by atoms with Gasteiger partial charge in [-0.15, -0.1) is 0 Å². The molecular formula is C17H25ClN2O2. The van der Waals surface area contributed by atoms with E-state index in [2.05, 4.69) is 5.32 Å². The number of nitrogens with zero attached hydrogens (tertiary/aromatic N) is 1. The number of hydrogen-bond donors (Lipinski definition) is 1. The number of rotatable bonds is 6. The fourth-order valence-electron chi connectivity index (χ4n) is 2.76. The van der Waals surface area contributed by atoms with E-state index >= 15 is 0 Å². The molecule has 1 aliphatic rings. The smallest absolute Gasteiger partial charge is 0.260 e. The number of carbonyl (C=O) groups is 1. The van der Waals surface area contributed by atoms with Crippen LogP contribution in [0.15, 0.2) is 18.2 Å². The summed E-state index contributed by atoms with van der Waals surface area (Å²) in [5.74, 6) is 1.50. The van der Waals surface area contributed by atoms with Crippen LogP contribution in [0.1, 0.15) is 24.8 Å². The Morgan fingerprint density at radius 1 is 1.41 bits per heavy atom. The molecule has 0 bridgehead atoms. The number of amides is 1. The molecule has 0 radical (unpaired) electrons. The first kappa shape index (κ1) is 17.1. The third-order valence-corrected chi connectivity index (χ3v) is 4.69. The Morgan fingerprint density at radius 2 is 2.14 bits per heavy atom. The molecule has 0 spiro atoms. The zero-order chi connectivity index (χ0) is 15.9. The lowest BCUT2D eigenvalue weighted by Gasteiger charge is -2.32. The summed E-state index contributed by atoms with van der Waals surface area (Å²) in [5, 5.41) is 3.90. The summed E-state index contributed by atoms with van der Waals surface area (Å²) < 4.78 is 5.59. The highest BCUT2D eigenvalue weighted by Crippen LogP contribution is 2.22. The van der Waals surface area contributed by atoms with Gasteiger partial charge >= 0.3 is 0 Å². The Morgan fingerprint density at radius 3 is 2.77 bits per heavy atom. The van der Waals surface area contributed by atoms with Gasteiger partial charge in [0.1, 0.15) is 5.75 Å². The van der Waals surface area contributed by atoms with Gasteiger partial charge in [-0.05, 0) is 69.5 Å². The van der Waals surface area contributed by atoms with Gasteiger partial charge in [-0.2, -0.15) is 0 Å². The van der Waals surface area contributed by atoms with Crippen LogP contribution in [0.4, 0.5) is 0 Å². The normalized spacial score (nSPS) is 15.9. The molecular weight excluding hydrogens is 300 g/mol. The van der Waals surface area contributed by atoms with Gasteiger partial charge in [0.2, 0.25) is 0 Å². The lowest BCUT2D eigenvalue weighted by Crippen LogP contribution is -2.41. The largest absolute Gasteiger partial charge is 0.484 e. The topological polar surface area (TPSA) is 41.6 Å².